The molecule has 3 aliphatic heterocycles. The van der Waals surface area contributed by atoms with Gasteiger partial charge in [0.25, 0.3) is 0 Å². The summed E-state index contributed by atoms with van der Waals surface area (Å²) >= 11 is 3.75. The van der Waals surface area contributed by atoms with Crippen molar-refractivity contribution >= 4 is 33.6 Å². The van der Waals surface area contributed by atoms with Crippen LogP contribution in [0.15, 0.2) is 46.9 Å². The number of piperidine rings is 2. The van der Waals surface area contributed by atoms with Gasteiger partial charge >= 0.3 is 0 Å². The van der Waals surface area contributed by atoms with E-state index in [1.165, 1.54) is 40.0 Å². The van der Waals surface area contributed by atoms with E-state index in [9.17, 15) is 18.7 Å². The van der Waals surface area contributed by atoms with E-state index in [-0.39, 0.29) is 17.2 Å². The summed E-state index contributed by atoms with van der Waals surface area (Å²) in [5.41, 5.74) is 3.11. The quantitative estimate of drug-likeness (QED) is 0.517. The molecule has 0 saturated carbocycles. The van der Waals surface area contributed by atoms with Crippen LogP contribution < -0.4 is 5.32 Å². The van der Waals surface area contributed by atoms with Crippen molar-refractivity contribution in [2.24, 2.45) is 5.92 Å². The van der Waals surface area contributed by atoms with Crippen LogP contribution in [0, 0.1) is 17.6 Å². The van der Waals surface area contributed by atoms with Gasteiger partial charge in [-0.3, -0.25) is 4.79 Å². The van der Waals surface area contributed by atoms with Crippen molar-refractivity contribution in [1.29, 1.82) is 0 Å². The molecule has 192 valence electrons. The number of β-amino-alcohol motifs (C(OH)–C–C–N with tert-alkyl or cyclic N) is 1. The van der Waals surface area contributed by atoms with Crippen LogP contribution in [0.2, 0.25) is 0 Å². The summed E-state index contributed by atoms with van der Waals surface area (Å²) in [7, 11) is 0. The van der Waals surface area contributed by atoms with Crippen molar-refractivity contribution in [1.82, 2.24) is 9.80 Å². The zero-order valence-corrected chi connectivity index (χ0v) is 21.8. The van der Waals surface area contributed by atoms with Gasteiger partial charge in [-0.05, 0) is 86.2 Å². The predicted molar refractivity (Wildman–Crippen MR) is 141 cm³/mol. The summed E-state index contributed by atoms with van der Waals surface area (Å²) in [5, 5.41) is 14.5. The summed E-state index contributed by atoms with van der Waals surface area (Å²) in [6, 6.07) is 9.54. The van der Waals surface area contributed by atoms with Gasteiger partial charge in [0.15, 0.2) is 0 Å². The van der Waals surface area contributed by atoms with Crippen molar-refractivity contribution in [3.05, 3.63) is 69.7 Å². The van der Waals surface area contributed by atoms with E-state index in [0.717, 1.165) is 51.4 Å². The number of amides is 1. The van der Waals surface area contributed by atoms with Crippen molar-refractivity contribution in [2.45, 2.75) is 37.2 Å². The Morgan fingerprint density at radius 2 is 1.83 bits per heavy atom. The first-order valence-electron chi connectivity index (χ1n) is 12.7. The van der Waals surface area contributed by atoms with Gasteiger partial charge in [-0.15, -0.1) is 0 Å². The second-order valence-electron chi connectivity index (χ2n) is 10.4. The molecule has 2 saturated heterocycles. The topological polar surface area (TPSA) is 55.8 Å². The number of benzene rings is 2. The normalized spacial score (nSPS) is 21.1. The number of anilines is 1. The Bertz CT molecular complexity index is 1120. The number of hydrogen-bond acceptors (Lipinski definition) is 4. The van der Waals surface area contributed by atoms with E-state index in [4.69, 9.17) is 0 Å². The first kappa shape index (κ1) is 25.4. The first-order chi connectivity index (χ1) is 17.3. The fourth-order valence-electron chi connectivity index (χ4n) is 6.02. The number of rotatable bonds is 5. The molecule has 5 rings (SSSR count). The van der Waals surface area contributed by atoms with Crippen LogP contribution in [0.5, 0.6) is 0 Å². The SMILES string of the molecule is O=C(C=Cc1cc(F)cc(F)c1)N1CCC(C(O)CN2CCC3(CC2)CNc2cccc(Br)c23)CC1. The number of fused-ring (bicyclic) bond motifs is 2. The van der Waals surface area contributed by atoms with Gasteiger partial charge < -0.3 is 20.2 Å². The van der Waals surface area contributed by atoms with Crippen LogP contribution in [0.3, 0.4) is 0 Å². The third kappa shape index (κ3) is 5.36. The second kappa shape index (κ2) is 10.6. The van der Waals surface area contributed by atoms with E-state index in [2.05, 4.69) is 44.3 Å². The fourth-order valence-corrected chi connectivity index (χ4v) is 6.80. The van der Waals surface area contributed by atoms with Gasteiger partial charge in [0.2, 0.25) is 5.91 Å². The molecule has 8 heteroatoms. The number of halogens is 3. The van der Waals surface area contributed by atoms with Gasteiger partial charge in [0, 0.05) is 53.9 Å². The van der Waals surface area contributed by atoms with E-state index < -0.39 is 17.7 Å². The number of carbonyl (C=O) groups is 1. The lowest BCUT2D eigenvalue weighted by atomic mass is 9.74. The molecule has 3 aliphatic rings. The minimum atomic E-state index is -0.668. The maximum Gasteiger partial charge on any atom is 0.246 e. The first-order valence-corrected chi connectivity index (χ1v) is 13.5. The van der Waals surface area contributed by atoms with Crippen molar-refractivity contribution in [2.75, 3.05) is 44.6 Å². The molecule has 0 aliphatic carbocycles. The average molecular weight is 560 g/mol. The van der Waals surface area contributed by atoms with E-state index in [0.29, 0.717) is 25.2 Å². The Hall–Kier alpha value is -2.29. The number of carbonyl (C=O) groups excluding carboxylic acids is 1. The molecule has 0 bridgehead atoms. The van der Waals surface area contributed by atoms with E-state index in [1.54, 1.807) is 4.90 Å². The number of likely N-dealkylation sites (tertiary alicyclic amines) is 2. The molecule has 1 unspecified atom stereocenters. The lowest BCUT2D eigenvalue weighted by Crippen LogP contribution is -2.48. The minimum Gasteiger partial charge on any atom is -0.392 e. The molecule has 2 aromatic rings. The molecule has 2 fully saturated rings. The fraction of sp³-hybridized carbons (Fsp3) is 0.464. The summed E-state index contributed by atoms with van der Waals surface area (Å²) in [5.74, 6) is -1.35. The van der Waals surface area contributed by atoms with Crippen LogP contribution >= 0.6 is 15.9 Å². The smallest absolute Gasteiger partial charge is 0.246 e. The van der Waals surface area contributed by atoms with Gasteiger partial charge in [-0.2, -0.15) is 0 Å². The molecule has 1 amide bonds. The second-order valence-corrected chi connectivity index (χ2v) is 11.2. The summed E-state index contributed by atoms with van der Waals surface area (Å²) in [6.45, 7) is 4.70. The third-order valence-corrected chi connectivity index (χ3v) is 8.78. The van der Waals surface area contributed by atoms with Crippen molar-refractivity contribution in [3.63, 3.8) is 0 Å². The maximum atomic E-state index is 13.3. The largest absolute Gasteiger partial charge is 0.392 e. The van der Waals surface area contributed by atoms with Crippen LogP contribution in [0.4, 0.5) is 14.5 Å². The van der Waals surface area contributed by atoms with Crippen LogP contribution in [-0.4, -0.2) is 66.2 Å². The molecule has 3 heterocycles. The zero-order chi connectivity index (χ0) is 25.3. The highest BCUT2D eigenvalue weighted by molar-refractivity contribution is 9.10. The van der Waals surface area contributed by atoms with Gasteiger partial charge in [-0.25, -0.2) is 8.78 Å². The molecular weight excluding hydrogens is 528 g/mol. The Morgan fingerprint density at radius 1 is 1.14 bits per heavy atom. The maximum absolute atomic E-state index is 13.3. The summed E-state index contributed by atoms with van der Waals surface area (Å²) < 4.78 is 27.9. The lowest BCUT2D eigenvalue weighted by Gasteiger charge is -2.41. The Morgan fingerprint density at radius 3 is 2.53 bits per heavy atom. The number of nitrogens with zero attached hydrogens (tertiary/aromatic N) is 2. The lowest BCUT2D eigenvalue weighted by molar-refractivity contribution is -0.128. The van der Waals surface area contributed by atoms with Crippen molar-refractivity contribution in [3.8, 4) is 0 Å². The monoisotopic (exact) mass is 559 g/mol. The average Bonchev–Trinajstić information content (AvgIpc) is 3.23. The van der Waals surface area contributed by atoms with Gasteiger partial charge in [-0.1, -0.05) is 22.0 Å². The number of hydrogen-bond donors (Lipinski definition) is 2. The van der Waals surface area contributed by atoms with Crippen LogP contribution in [0.25, 0.3) is 6.08 Å². The van der Waals surface area contributed by atoms with E-state index in [1.807, 2.05) is 0 Å². The predicted octanol–water partition coefficient (Wildman–Crippen LogP) is 4.80. The molecular formula is C28H32BrF2N3O2. The molecule has 1 spiro atoms. The Balaban J connectivity index is 1.09. The number of aliphatic hydroxyl groups excluding tert-OH is 1. The summed E-state index contributed by atoms with van der Waals surface area (Å²) in [6.07, 6.45) is 6.02. The molecule has 1 atom stereocenters. The highest BCUT2D eigenvalue weighted by Crippen LogP contribution is 2.47. The van der Waals surface area contributed by atoms with Gasteiger partial charge in [0.05, 0.1) is 6.10 Å². The van der Waals surface area contributed by atoms with Crippen LogP contribution in [0.1, 0.15) is 36.8 Å². The highest BCUT2D eigenvalue weighted by atomic mass is 79.9. The molecule has 0 radical (unpaired) electrons. The third-order valence-electron chi connectivity index (χ3n) is 8.12. The molecule has 2 aromatic carbocycles. The van der Waals surface area contributed by atoms with E-state index >= 15 is 0 Å². The van der Waals surface area contributed by atoms with Gasteiger partial charge in [0.1, 0.15) is 11.6 Å². The standard InChI is InChI=1S/C28H32BrF2N3O2/c29-23-2-1-3-24-27(23)28(18-32-24)8-12-33(13-9-28)17-25(35)20-6-10-34(11-7-20)26(36)5-4-19-14-21(30)16-22(31)15-19/h1-5,14-16,20,25,32,35H,6-13,17-18H2. The number of nitrogens with one attached hydrogen (secondary N) is 1. The Kier molecular flexibility index (Phi) is 7.47. The molecule has 0 aromatic heterocycles. The van der Waals surface area contributed by atoms with Crippen LogP contribution in [-0.2, 0) is 10.2 Å². The Labute approximate surface area is 219 Å². The number of aliphatic hydroxyl groups is 1. The zero-order valence-electron chi connectivity index (χ0n) is 20.2. The summed E-state index contributed by atoms with van der Waals surface area (Å²) in [4.78, 5) is 16.7. The highest BCUT2D eigenvalue weighted by Gasteiger charge is 2.43. The molecule has 2 N–H and O–H groups in total. The van der Waals surface area contributed by atoms with Crippen molar-refractivity contribution < 1.29 is 18.7 Å². The minimum absolute atomic E-state index is 0.160. The molecule has 36 heavy (non-hydrogen) atoms. The molecule has 5 nitrogen and oxygen atoms in total.